The molecule has 0 aromatic carbocycles. The normalized spacial score (nSPS) is 24.6. The van der Waals surface area contributed by atoms with Gasteiger partial charge in [0.1, 0.15) is 0 Å². The van der Waals surface area contributed by atoms with E-state index in [-0.39, 0.29) is 36.8 Å². The van der Waals surface area contributed by atoms with Crippen LogP contribution in [0.3, 0.4) is 0 Å². The van der Waals surface area contributed by atoms with Crippen LogP contribution in [0, 0.1) is 0 Å². The van der Waals surface area contributed by atoms with Crippen LogP contribution in [0.2, 0.25) is 0 Å². The van der Waals surface area contributed by atoms with Gasteiger partial charge >= 0.3 is 0 Å². The minimum Gasteiger partial charge on any atom is -0.347 e. The van der Waals surface area contributed by atoms with Crippen LogP contribution < -0.4 is 10.6 Å². The van der Waals surface area contributed by atoms with Crippen LogP contribution in [0.25, 0.3) is 0 Å². The molecule has 2 unspecified atom stereocenters. The number of nitrogens with one attached hydrogen (secondary N) is 2. The summed E-state index contributed by atoms with van der Waals surface area (Å²) >= 11 is 0. The summed E-state index contributed by atoms with van der Waals surface area (Å²) in [5.74, 6) is -0.176. The molecule has 0 bridgehead atoms. The standard InChI is InChI=1S/C10H19N3O2.ClH/c1-7-8(2)13(5-4-11-7)10(15)6-12-9(3)14;/h7-8,11H,4-6H2,1-3H3,(H,12,14);1H. The summed E-state index contributed by atoms with van der Waals surface area (Å²) < 4.78 is 0. The van der Waals surface area contributed by atoms with E-state index in [2.05, 4.69) is 17.6 Å². The van der Waals surface area contributed by atoms with Crippen molar-refractivity contribution in [3.05, 3.63) is 0 Å². The minimum absolute atomic E-state index is 0. The Kier molecular flexibility index (Phi) is 6.36. The molecule has 0 spiro atoms. The first-order valence-corrected chi connectivity index (χ1v) is 5.29. The molecule has 94 valence electrons. The van der Waals surface area contributed by atoms with Gasteiger partial charge in [0.2, 0.25) is 11.8 Å². The minimum atomic E-state index is -0.167. The second-order valence-electron chi connectivity index (χ2n) is 3.98. The average Bonchev–Trinajstić information content (AvgIpc) is 2.18. The first kappa shape index (κ1) is 15.2. The van der Waals surface area contributed by atoms with Crippen molar-refractivity contribution in [3.8, 4) is 0 Å². The maximum atomic E-state index is 11.7. The topological polar surface area (TPSA) is 61.4 Å². The molecule has 2 amide bonds. The molecule has 0 aromatic rings. The highest BCUT2D eigenvalue weighted by Crippen LogP contribution is 2.08. The Labute approximate surface area is 102 Å². The molecule has 1 rings (SSSR count). The summed E-state index contributed by atoms with van der Waals surface area (Å²) in [7, 11) is 0. The molecule has 16 heavy (non-hydrogen) atoms. The first-order chi connectivity index (χ1) is 7.02. The fraction of sp³-hybridized carbons (Fsp3) is 0.800. The van der Waals surface area contributed by atoms with Gasteiger partial charge in [0, 0.05) is 32.1 Å². The van der Waals surface area contributed by atoms with E-state index in [9.17, 15) is 9.59 Å². The summed E-state index contributed by atoms with van der Waals surface area (Å²) in [6.45, 7) is 7.12. The quantitative estimate of drug-likeness (QED) is 0.710. The Morgan fingerprint density at radius 2 is 2.06 bits per heavy atom. The highest BCUT2D eigenvalue weighted by Gasteiger charge is 2.27. The van der Waals surface area contributed by atoms with E-state index < -0.39 is 0 Å². The van der Waals surface area contributed by atoms with Gasteiger partial charge in [-0.3, -0.25) is 9.59 Å². The Hall–Kier alpha value is -0.810. The summed E-state index contributed by atoms with van der Waals surface area (Å²) in [6.07, 6.45) is 0. The molecule has 1 fully saturated rings. The lowest BCUT2D eigenvalue weighted by molar-refractivity contribution is -0.135. The summed E-state index contributed by atoms with van der Waals surface area (Å²) in [5, 5.41) is 5.83. The Morgan fingerprint density at radius 1 is 1.44 bits per heavy atom. The van der Waals surface area contributed by atoms with Gasteiger partial charge in [-0.05, 0) is 13.8 Å². The molecule has 5 nitrogen and oxygen atoms in total. The number of amides is 2. The Morgan fingerprint density at radius 3 is 2.62 bits per heavy atom. The Bertz CT molecular complexity index is 260. The number of carbonyl (C=O) groups is 2. The fourth-order valence-corrected chi connectivity index (χ4v) is 1.71. The van der Waals surface area contributed by atoms with E-state index in [0.29, 0.717) is 12.6 Å². The van der Waals surface area contributed by atoms with E-state index >= 15 is 0 Å². The van der Waals surface area contributed by atoms with E-state index in [4.69, 9.17) is 0 Å². The second-order valence-corrected chi connectivity index (χ2v) is 3.98. The van der Waals surface area contributed by atoms with Crippen molar-refractivity contribution < 1.29 is 9.59 Å². The lowest BCUT2D eigenvalue weighted by Crippen LogP contribution is -2.58. The third kappa shape index (κ3) is 3.98. The number of rotatable bonds is 2. The third-order valence-corrected chi connectivity index (χ3v) is 2.84. The van der Waals surface area contributed by atoms with Crippen LogP contribution in [0.4, 0.5) is 0 Å². The molecular weight excluding hydrogens is 230 g/mol. The van der Waals surface area contributed by atoms with Crippen molar-refractivity contribution in [1.82, 2.24) is 15.5 Å². The molecule has 6 heteroatoms. The van der Waals surface area contributed by atoms with E-state index in [1.165, 1.54) is 6.92 Å². The van der Waals surface area contributed by atoms with Crippen molar-refractivity contribution in [2.45, 2.75) is 32.9 Å². The molecule has 1 heterocycles. The largest absolute Gasteiger partial charge is 0.347 e. The zero-order chi connectivity index (χ0) is 11.4. The van der Waals surface area contributed by atoms with Crippen LogP contribution in [0.1, 0.15) is 20.8 Å². The fourth-order valence-electron chi connectivity index (χ4n) is 1.71. The SMILES string of the molecule is CC(=O)NCC(=O)N1CCNC(C)C1C.Cl. The molecular formula is C10H20ClN3O2. The number of piperazine rings is 1. The molecule has 2 N–H and O–H groups in total. The maximum absolute atomic E-state index is 11.7. The molecule has 2 atom stereocenters. The lowest BCUT2D eigenvalue weighted by Gasteiger charge is -2.38. The third-order valence-electron chi connectivity index (χ3n) is 2.84. The highest BCUT2D eigenvalue weighted by molar-refractivity contribution is 5.85. The van der Waals surface area contributed by atoms with Crippen LogP contribution in [-0.2, 0) is 9.59 Å². The monoisotopic (exact) mass is 249 g/mol. The summed E-state index contributed by atoms with van der Waals surface area (Å²) in [5.41, 5.74) is 0. The van der Waals surface area contributed by atoms with Gasteiger partial charge in [0.25, 0.3) is 0 Å². The molecule has 0 aromatic heterocycles. The van der Waals surface area contributed by atoms with Gasteiger partial charge in [-0.25, -0.2) is 0 Å². The Balaban J connectivity index is 0.00000225. The first-order valence-electron chi connectivity index (χ1n) is 5.29. The van der Waals surface area contributed by atoms with E-state index in [1.54, 1.807) is 0 Å². The molecule has 1 aliphatic rings. The van der Waals surface area contributed by atoms with Gasteiger partial charge in [0.15, 0.2) is 0 Å². The molecule has 0 aliphatic carbocycles. The van der Waals surface area contributed by atoms with Crippen molar-refractivity contribution in [1.29, 1.82) is 0 Å². The van der Waals surface area contributed by atoms with Gasteiger partial charge in [-0.15, -0.1) is 12.4 Å². The average molecular weight is 250 g/mol. The molecule has 0 saturated carbocycles. The van der Waals surface area contributed by atoms with Crippen LogP contribution >= 0.6 is 12.4 Å². The van der Waals surface area contributed by atoms with Gasteiger partial charge in [0.05, 0.1) is 6.54 Å². The highest BCUT2D eigenvalue weighted by atomic mass is 35.5. The zero-order valence-corrected chi connectivity index (χ0v) is 10.8. The van der Waals surface area contributed by atoms with Crippen LogP contribution in [-0.4, -0.2) is 48.4 Å². The number of halogens is 1. The van der Waals surface area contributed by atoms with Gasteiger partial charge in [-0.1, -0.05) is 0 Å². The smallest absolute Gasteiger partial charge is 0.242 e. The number of nitrogens with zero attached hydrogens (tertiary/aromatic N) is 1. The predicted octanol–water partition coefficient (Wildman–Crippen LogP) is -0.247. The van der Waals surface area contributed by atoms with Crippen molar-refractivity contribution in [2.75, 3.05) is 19.6 Å². The molecule has 0 radical (unpaired) electrons. The maximum Gasteiger partial charge on any atom is 0.242 e. The van der Waals surface area contributed by atoms with Gasteiger partial charge < -0.3 is 15.5 Å². The second kappa shape index (κ2) is 6.70. The van der Waals surface area contributed by atoms with E-state index in [0.717, 1.165) is 6.54 Å². The van der Waals surface area contributed by atoms with Crippen LogP contribution in [0.5, 0.6) is 0 Å². The predicted molar refractivity (Wildman–Crippen MR) is 64.6 cm³/mol. The summed E-state index contributed by atoms with van der Waals surface area (Å²) in [6, 6.07) is 0.486. The number of hydrogen-bond acceptors (Lipinski definition) is 3. The van der Waals surface area contributed by atoms with Crippen LogP contribution in [0.15, 0.2) is 0 Å². The van der Waals surface area contributed by atoms with Crippen molar-refractivity contribution >= 4 is 24.2 Å². The van der Waals surface area contributed by atoms with E-state index in [1.807, 2.05) is 11.8 Å². The molecule has 1 aliphatic heterocycles. The van der Waals surface area contributed by atoms with Gasteiger partial charge in [-0.2, -0.15) is 0 Å². The van der Waals surface area contributed by atoms with Crippen molar-refractivity contribution in [3.63, 3.8) is 0 Å². The number of hydrogen-bond donors (Lipinski definition) is 2. The molecule has 1 saturated heterocycles. The summed E-state index contributed by atoms with van der Waals surface area (Å²) in [4.78, 5) is 24.2. The number of carbonyl (C=O) groups excluding carboxylic acids is 2. The lowest BCUT2D eigenvalue weighted by atomic mass is 10.1. The van der Waals surface area contributed by atoms with Crippen molar-refractivity contribution in [2.24, 2.45) is 0 Å². The zero-order valence-electron chi connectivity index (χ0n) is 9.95.